The van der Waals surface area contributed by atoms with E-state index in [0.717, 1.165) is 11.3 Å². The smallest absolute Gasteiger partial charge is 0.276 e. The van der Waals surface area contributed by atoms with Gasteiger partial charge in [0.05, 0.1) is 7.11 Å². The van der Waals surface area contributed by atoms with Crippen LogP contribution in [0.2, 0.25) is 0 Å². The minimum atomic E-state index is -0.363. The van der Waals surface area contributed by atoms with Crippen LogP contribution in [0, 0.1) is 6.92 Å². The van der Waals surface area contributed by atoms with Crippen molar-refractivity contribution in [3.8, 4) is 11.4 Å². The zero-order valence-electron chi connectivity index (χ0n) is 16.0. The fourth-order valence-electron chi connectivity index (χ4n) is 2.75. The molecule has 0 aliphatic heterocycles. The van der Waals surface area contributed by atoms with Crippen LogP contribution in [0.5, 0.6) is 5.75 Å². The van der Waals surface area contributed by atoms with Gasteiger partial charge < -0.3 is 15.4 Å². The minimum absolute atomic E-state index is 0.186. The summed E-state index contributed by atoms with van der Waals surface area (Å²) >= 11 is 0. The van der Waals surface area contributed by atoms with Gasteiger partial charge in [0.25, 0.3) is 11.8 Å². The summed E-state index contributed by atoms with van der Waals surface area (Å²) in [5, 5.41) is 9.86. The number of methoxy groups -OCH3 is 1. The Labute approximate surface area is 163 Å². The quantitative estimate of drug-likeness (QED) is 0.690. The van der Waals surface area contributed by atoms with Crippen molar-refractivity contribution in [2.45, 2.75) is 13.8 Å². The number of carbonyl (C=O) groups excluding carboxylic acids is 2. The zero-order valence-corrected chi connectivity index (χ0v) is 16.0. The first kappa shape index (κ1) is 19.2. The van der Waals surface area contributed by atoms with Gasteiger partial charge in [-0.05, 0) is 55.8 Å². The number of anilines is 1. The van der Waals surface area contributed by atoms with Crippen LogP contribution < -0.4 is 15.4 Å². The molecule has 0 aliphatic rings. The van der Waals surface area contributed by atoms with Gasteiger partial charge in [-0.3, -0.25) is 9.59 Å². The molecule has 0 saturated heterocycles. The van der Waals surface area contributed by atoms with Gasteiger partial charge >= 0.3 is 0 Å². The molecule has 0 atom stereocenters. The van der Waals surface area contributed by atoms with Gasteiger partial charge in [0.2, 0.25) is 0 Å². The summed E-state index contributed by atoms with van der Waals surface area (Å²) < 4.78 is 6.98. The van der Waals surface area contributed by atoms with Gasteiger partial charge in [-0.1, -0.05) is 12.1 Å². The molecule has 0 bridgehead atoms. The second-order valence-electron chi connectivity index (χ2n) is 6.22. The average Bonchev–Trinajstić information content (AvgIpc) is 3.18. The lowest BCUT2D eigenvalue weighted by molar-refractivity contribution is 0.0954. The predicted molar refractivity (Wildman–Crippen MR) is 107 cm³/mol. The summed E-state index contributed by atoms with van der Waals surface area (Å²) in [6.07, 6.45) is 1.71. The number of nitrogens with zero attached hydrogens (tertiary/aromatic N) is 2. The maximum absolute atomic E-state index is 12.6. The normalized spacial score (nSPS) is 10.4. The molecular weight excluding hydrogens is 356 g/mol. The lowest BCUT2D eigenvalue weighted by Crippen LogP contribution is -2.22. The van der Waals surface area contributed by atoms with Crippen LogP contribution in [0.25, 0.3) is 5.69 Å². The van der Waals surface area contributed by atoms with Crippen molar-refractivity contribution in [1.82, 2.24) is 15.1 Å². The van der Waals surface area contributed by atoms with E-state index in [1.165, 1.54) is 0 Å². The molecule has 0 radical (unpaired) electrons. The fourth-order valence-corrected chi connectivity index (χ4v) is 2.75. The number of hydrogen-bond donors (Lipinski definition) is 2. The molecule has 2 amide bonds. The van der Waals surface area contributed by atoms with Gasteiger partial charge in [-0.25, -0.2) is 4.68 Å². The molecule has 3 aromatic rings. The van der Waals surface area contributed by atoms with Crippen molar-refractivity contribution in [1.29, 1.82) is 0 Å². The number of benzene rings is 2. The Hall–Kier alpha value is -3.61. The Balaban J connectivity index is 1.79. The number of carbonyl (C=O) groups is 2. The van der Waals surface area contributed by atoms with Crippen LogP contribution in [0.3, 0.4) is 0 Å². The van der Waals surface area contributed by atoms with Crippen LogP contribution in [0.1, 0.15) is 33.3 Å². The molecule has 1 aromatic heterocycles. The first-order valence-corrected chi connectivity index (χ1v) is 8.92. The van der Waals surface area contributed by atoms with E-state index in [0.29, 0.717) is 23.5 Å². The van der Waals surface area contributed by atoms with Crippen molar-refractivity contribution >= 4 is 17.5 Å². The highest BCUT2D eigenvalue weighted by atomic mass is 16.5. The highest BCUT2D eigenvalue weighted by molar-refractivity contribution is 6.03. The minimum Gasteiger partial charge on any atom is -0.494 e. The second-order valence-corrected chi connectivity index (χ2v) is 6.22. The first-order chi connectivity index (χ1) is 13.5. The molecule has 7 heteroatoms. The highest BCUT2D eigenvalue weighted by Crippen LogP contribution is 2.23. The Kier molecular flexibility index (Phi) is 5.74. The van der Waals surface area contributed by atoms with Gasteiger partial charge in [0.1, 0.15) is 11.4 Å². The highest BCUT2D eigenvalue weighted by Gasteiger charge is 2.14. The van der Waals surface area contributed by atoms with Crippen molar-refractivity contribution in [3.63, 3.8) is 0 Å². The fraction of sp³-hybridized carbons (Fsp3) is 0.190. The lowest BCUT2D eigenvalue weighted by Gasteiger charge is -2.09. The molecular formula is C21H22N4O3. The topological polar surface area (TPSA) is 85.2 Å². The summed E-state index contributed by atoms with van der Waals surface area (Å²) in [6, 6.07) is 14.1. The van der Waals surface area contributed by atoms with Crippen LogP contribution in [-0.4, -0.2) is 35.2 Å². The van der Waals surface area contributed by atoms with Crippen molar-refractivity contribution < 1.29 is 14.3 Å². The molecule has 28 heavy (non-hydrogen) atoms. The van der Waals surface area contributed by atoms with Crippen LogP contribution in [-0.2, 0) is 0 Å². The average molecular weight is 378 g/mol. The molecule has 2 N–H and O–H groups in total. The molecule has 0 unspecified atom stereocenters. The van der Waals surface area contributed by atoms with Gasteiger partial charge in [-0.15, -0.1) is 0 Å². The van der Waals surface area contributed by atoms with E-state index in [4.69, 9.17) is 4.74 Å². The number of amides is 2. The SMILES string of the molecule is CCNC(=O)c1cccc(NC(=O)c2ccn(-c3cc(C)ccc3OC)n2)c1. The van der Waals surface area contributed by atoms with E-state index in [-0.39, 0.29) is 17.5 Å². The molecule has 2 aromatic carbocycles. The Morgan fingerprint density at radius 3 is 2.68 bits per heavy atom. The summed E-state index contributed by atoms with van der Waals surface area (Å²) in [5.41, 5.74) is 3.07. The third-order valence-electron chi connectivity index (χ3n) is 4.12. The van der Waals surface area contributed by atoms with E-state index >= 15 is 0 Å². The van der Waals surface area contributed by atoms with Crippen LogP contribution in [0.4, 0.5) is 5.69 Å². The Morgan fingerprint density at radius 1 is 1.11 bits per heavy atom. The number of rotatable bonds is 6. The maximum Gasteiger partial charge on any atom is 0.276 e. The zero-order chi connectivity index (χ0) is 20.1. The number of aryl methyl sites for hydroxylation is 1. The molecule has 144 valence electrons. The van der Waals surface area contributed by atoms with E-state index in [1.54, 1.807) is 48.3 Å². The Morgan fingerprint density at radius 2 is 1.93 bits per heavy atom. The Bertz CT molecular complexity index is 1010. The van der Waals surface area contributed by atoms with Gasteiger partial charge in [-0.2, -0.15) is 5.10 Å². The molecule has 0 saturated carbocycles. The lowest BCUT2D eigenvalue weighted by atomic mass is 10.2. The van der Waals surface area contributed by atoms with Crippen LogP contribution >= 0.6 is 0 Å². The molecule has 0 spiro atoms. The van der Waals surface area contributed by atoms with E-state index < -0.39 is 0 Å². The van der Waals surface area contributed by atoms with Crippen molar-refractivity contribution in [3.05, 3.63) is 71.5 Å². The maximum atomic E-state index is 12.6. The summed E-state index contributed by atoms with van der Waals surface area (Å²) in [5.74, 6) is 0.114. The van der Waals surface area contributed by atoms with Gasteiger partial charge in [0, 0.05) is 24.0 Å². The summed E-state index contributed by atoms with van der Waals surface area (Å²) in [7, 11) is 1.59. The van der Waals surface area contributed by atoms with Crippen molar-refractivity contribution in [2.24, 2.45) is 0 Å². The standard InChI is InChI=1S/C21H22N4O3/c1-4-22-20(26)15-6-5-7-16(13-15)23-21(27)17-10-11-25(24-17)18-12-14(2)8-9-19(18)28-3/h5-13H,4H2,1-3H3,(H,22,26)(H,23,27). The number of nitrogens with one attached hydrogen (secondary N) is 2. The number of aromatic nitrogens is 2. The van der Waals surface area contributed by atoms with E-state index in [2.05, 4.69) is 15.7 Å². The molecule has 0 aliphatic carbocycles. The summed E-state index contributed by atoms with van der Waals surface area (Å²) in [4.78, 5) is 24.5. The van der Waals surface area contributed by atoms with Crippen molar-refractivity contribution in [2.75, 3.05) is 19.0 Å². The van der Waals surface area contributed by atoms with Gasteiger partial charge in [0.15, 0.2) is 5.69 Å². The molecule has 7 nitrogen and oxygen atoms in total. The van der Waals surface area contributed by atoms with E-state index in [1.807, 2.05) is 32.0 Å². The molecule has 0 fully saturated rings. The summed E-state index contributed by atoms with van der Waals surface area (Å²) in [6.45, 7) is 4.36. The van der Waals surface area contributed by atoms with E-state index in [9.17, 15) is 9.59 Å². The molecule has 1 heterocycles. The predicted octanol–water partition coefficient (Wildman–Crippen LogP) is 3.19. The largest absolute Gasteiger partial charge is 0.494 e. The molecule has 3 rings (SSSR count). The second kappa shape index (κ2) is 8.39. The number of hydrogen-bond acceptors (Lipinski definition) is 4. The van der Waals surface area contributed by atoms with Crippen LogP contribution in [0.15, 0.2) is 54.7 Å². The third kappa shape index (κ3) is 4.20. The monoisotopic (exact) mass is 378 g/mol. The third-order valence-corrected chi connectivity index (χ3v) is 4.12. The first-order valence-electron chi connectivity index (χ1n) is 8.92. The number of ether oxygens (including phenoxy) is 1.